The molecule has 1 N–H and O–H groups in total. The van der Waals surface area contributed by atoms with Crippen LogP contribution >= 0.6 is 0 Å². The standard InChI is InChI=1S/C18H19FN2O4/c1-3-24-18(23)21(2)15-8-6-14(7-9-15)20-17(22)12-25-16-10-4-13(19)5-11-16/h4-11H,3,12H2,1-2H3,(H,20,22). The lowest BCUT2D eigenvalue weighted by Crippen LogP contribution is -2.27. The predicted octanol–water partition coefficient (Wildman–Crippen LogP) is 3.44. The summed E-state index contributed by atoms with van der Waals surface area (Å²) < 4.78 is 23.0. The Bertz CT molecular complexity index is 717. The minimum Gasteiger partial charge on any atom is -0.484 e. The van der Waals surface area contributed by atoms with E-state index in [4.69, 9.17) is 9.47 Å². The number of benzene rings is 2. The van der Waals surface area contributed by atoms with E-state index in [-0.39, 0.29) is 18.3 Å². The Morgan fingerprint density at radius 1 is 1.08 bits per heavy atom. The van der Waals surface area contributed by atoms with Crippen molar-refractivity contribution in [1.82, 2.24) is 0 Å². The normalized spacial score (nSPS) is 10.0. The van der Waals surface area contributed by atoms with E-state index in [1.807, 2.05) is 0 Å². The van der Waals surface area contributed by atoms with Gasteiger partial charge in [0.25, 0.3) is 5.91 Å². The van der Waals surface area contributed by atoms with Crippen LogP contribution in [0.2, 0.25) is 0 Å². The molecule has 0 radical (unpaired) electrons. The zero-order valence-electron chi connectivity index (χ0n) is 14.0. The molecule has 0 saturated heterocycles. The summed E-state index contributed by atoms with van der Waals surface area (Å²) in [6.45, 7) is 1.83. The number of hydrogen-bond acceptors (Lipinski definition) is 4. The van der Waals surface area contributed by atoms with Crippen LogP contribution in [-0.4, -0.2) is 32.3 Å². The van der Waals surface area contributed by atoms with Gasteiger partial charge in [0.15, 0.2) is 6.61 Å². The van der Waals surface area contributed by atoms with Gasteiger partial charge in [0.1, 0.15) is 11.6 Å². The molecule has 0 aliphatic rings. The summed E-state index contributed by atoms with van der Waals surface area (Å²) in [5.74, 6) is -0.316. The fourth-order valence-corrected chi connectivity index (χ4v) is 1.97. The monoisotopic (exact) mass is 346 g/mol. The molecule has 0 aromatic heterocycles. The van der Waals surface area contributed by atoms with Crippen molar-refractivity contribution in [2.75, 3.05) is 30.5 Å². The van der Waals surface area contributed by atoms with Crippen molar-refractivity contribution in [3.8, 4) is 5.75 Å². The van der Waals surface area contributed by atoms with Gasteiger partial charge in [0.05, 0.1) is 6.61 Å². The average Bonchev–Trinajstić information content (AvgIpc) is 2.61. The number of ether oxygens (including phenoxy) is 2. The molecule has 0 aliphatic carbocycles. The molecule has 0 spiro atoms. The lowest BCUT2D eigenvalue weighted by Gasteiger charge is -2.17. The average molecular weight is 346 g/mol. The molecule has 2 rings (SSSR count). The first kappa shape index (κ1) is 18.3. The topological polar surface area (TPSA) is 67.9 Å². The molecule has 7 heteroatoms. The lowest BCUT2D eigenvalue weighted by atomic mass is 10.2. The Morgan fingerprint density at radius 2 is 1.72 bits per heavy atom. The molecule has 0 aliphatic heterocycles. The second kappa shape index (κ2) is 8.68. The van der Waals surface area contributed by atoms with Gasteiger partial charge in [0, 0.05) is 18.4 Å². The van der Waals surface area contributed by atoms with Crippen LogP contribution in [0.5, 0.6) is 5.75 Å². The molecule has 0 bridgehead atoms. The summed E-state index contributed by atoms with van der Waals surface area (Å²) in [6, 6.07) is 12.1. The number of carbonyl (C=O) groups is 2. The maximum Gasteiger partial charge on any atom is 0.413 e. The van der Waals surface area contributed by atoms with Gasteiger partial charge in [-0.1, -0.05) is 0 Å². The lowest BCUT2D eigenvalue weighted by molar-refractivity contribution is -0.118. The largest absolute Gasteiger partial charge is 0.484 e. The molecule has 132 valence electrons. The van der Waals surface area contributed by atoms with Gasteiger partial charge in [-0.05, 0) is 55.5 Å². The molecule has 6 nitrogen and oxygen atoms in total. The number of nitrogens with one attached hydrogen (secondary N) is 1. The Labute approximate surface area is 145 Å². The van der Waals surface area contributed by atoms with E-state index in [0.29, 0.717) is 23.7 Å². The molecule has 0 fully saturated rings. The van der Waals surface area contributed by atoms with Gasteiger partial charge in [-0.3, -0.25) is 9.69 Å². The highest BCUT2D eigenvalue weighted by Crippen LogP contribution is 2.18. The van der Waals surface area contributed by atoms with Crippen LogP contribution in [0.3, 0.4) is 0 Å². The molecule has 0 saturated carbocycles. The number of hydrogen-bond donors (Lipinski definition) is 1. The molecule has 0 heterocycles. The Morgan fingerprint density at radius 3 is 2.32 bits per heavy atom. The maximum absolute atomic E-state index is 12.8. The van der Waals surface area contributed by atoms with Gasteiger partial charge in [-0.2, -0.15) is 0 Å². The fraction of sp³-hybridized carbons (Fsp3) is 0.222. The summed E-state index contributed by atoms with van der Waals surface area (Å²) in [6.07, 6.45) is -0.452. The van der Waals surface area contributed by atoms with Crippen molar-refractivity contribution in [2.24, 2.45) is 0 Å². The molecule has 0 atom stereocenters. The van der Waals surface area contributed by atoms with Crippen LogP contribution in [-0.2, 0) is 9.53 Å². The Balaban J connectivity index is 1.86. The maximum atomic E-state index is 12.8. The number of rotatable bonds is 6. The Kier molecular flexibility index (Phi) is 6.33. The van der Waals surface area contributed by atoms with Crippen molar-refractivity contribution in [3.63, 3.8) is 0 Å². The highest BCUT2D eigenvalue weighted by atomic mass is 19.1. The van der Waals surface area contributed by atoms with E-state index in [1.54, 1.807) is 38.2 Å². The van der Waals surface area contributed by atoms with E-state index in [2.05, 4.69) is 5.32 Å². The first-order chi connectivity index (χ1) is 12.0. The summed E-state index contributed by atoms with van der Waals surface area (Å²) in [5.41, 5.74) is 1.20. The summed E-state index contributed by atoms with van der Waals surface area (Å²) in [5, 5.41) is 2.67. The van der Waals surface area contributed by atoms with Crippen LogP contribution < -0.4 is 15.0 Å². The van der Waals surface area contributed by atoms with Gasteiger partial charge >= 0.3 is 6.09 Å². The molecule has 2 aromatic rings. The quantitative estimate of drug-likeness (QED) is 0.870. The van der Waals surface area contributed by atoms with Crippen molar-refractivity contribution < 1.29 is 23.5 Å². The van der Waals surface area contributed by atoms with Crippen LogP contribution in [0.4, 0.5) is 20.6 Å². The smallest absolute Gasteiger partial charge is 0.413 e. The molecular weight excluding hydrogens is 327 g/mol. The molecule has 2 amide bonds. The number of nitrogens with zero attached hydrogens (tertiary/aromatic N) is 1. The number of amides is 2. The van der Waals surface area contributed by atoms with E-state index in [0.717, 1.165) is 0 Å². The number of anilines is 2. The van der Waals surface area contributed by atoms with E-state index in [9.17, 15) is 14.0 Å². The van der Waals surface area contributed by atoms with Crippen LogP contribution in [0.1, 0.15) is 6.92 Å². The number of halogens is 1. The first-order valence-corrected chi connectivity index (χ1v) is 7.68. The fourth-order valence-electron chi connectivity index (χ4n) is 1.97. The van der Waals surface area contributed by atoms with Crippen molar-refractivity contribution >= 4 is 23.4 Å². The predicted molar refractivity (Wildman–Crippen MR) is 92.4 cm³/mol. The zero-order valence-corrected chi connectivity index (χ0v) is 14.0. The van der Waals surface area contributed by atoms with Crippen molar-refractivity contribution in [1.29, 1.82) is 0 Å². The summed E-state index contributed by atoms with van der Waals surface area (Å²) >= 11 is 0. The van der Waals surface area contributed by atoms with E-state index >= 15 is 0 Å². The van der Waals surface area contributed by atoms with E-state index in [1.165, 1.54) is 29.2 Å². The van der Waals surface area contributed by atoms with Crippen LogP contribution in [0.15, 0.2) is 48.5 Å². The first-order valence-electron chi connectivity index (χ1n) is 7.68. The second-order valence-electron chi connectivity index (χ2n) is 5.10. The van der Waals surface area contributed by atoms with Gasteiger partial charge < -0.3 is 14.8 Å². The third-order valence-corrected chi connectivity index (χ3v) is 3.26. The highest BCUT2D eigenvalue weighted by molar-refractivity contribution is 5.92. The summed E-state index contributed by atoms with van der Waals surface area (Å²) in [4.78, 5) is 24.9. The molecule has 2 aromatic carbocycles. The third-order valence-electron chi connectivity index (χ3n) is 3.26. The second-order valence-corrected chi connectivity index (χ2v) is 5.10. The molecular formula is C18H19FN2O4. The van der Waals surface area contributed by atoms with E-state index < -0.39 is 6.09 Å². The van der Waals surface area contributed by atoms with Gasteiger partial charge in [-0.15, -0.1) is 0 Å². The SMILES string of the molecule is CCOC(=O)N(C)c1ccc(NC(=O)COc2ccc(F)cc2)cc1. The summed E-state index contributed by atoms with van der Waals surface area (Å²) in [7, 11) is 1.60. The van der Waals surface area contributed by atoms with Crippen molar-refractivity contribution in [3.05, 3.63) is 54.3 Å². The van der Waals surface area contributed by atoms with Gasteiger partial charge in [-0.25, -0.2) is 9.18 Å². The molecule has 0 unspecified atom stereocenters. The van der Waals surface area contributed by atoms with Crippen molar-refractivity contribution in [2.45, 2.75) is 6.92 Å². The Hall–Kier alpha value is -3.09. The highest BCUT2D eigenvalue weighted by Gasteiger charge is 2.11. The molecule has 25 heavy (non-hydrogen) atoms. The van der Waals surface area contributed by atoms with Gasteiger partial charge in [0.2, 0.25) is 0 Å². The van der Waals surface area contributed by atoms with Crippen LogP contribution in [0, 0.1) is 5.82 Å². The zero-order chi connectivity index (χ0) is 18.2. The minimum atomic E-state index is -0.452. The number of carbonyl (C=O) groups excluding carboxylic acids is 2. The minimum absolute atomic E-state index is 0.198. The third kappa shape index (κ3) is 5.49. The van der Waals surface area contributed by atoms with Crippen LogP contribution in [0.25, 0.3) is 0 Å².